The molecule has 0 aliphatic carbocycles. The molecule has 0 spiro atoms. The number of nitrogens with zero attached hydrogens (tertiary/aromatic N) is 4. The van der Waals surface area contributed by atoms with Gasteiger partial charge in [-0.1, -0.05) is 0 Å². The van der Waals surface area contributed by atoms with Gasteiger partial charge in [-0.25, -0.2) is 0 Å². The molecule has 2 heterocycles. The Hall–Kier alpha value is -2.77. The Morgan fingerprint density at radius 3 is 2.19 bits per heavy atom. The summed E-state index contributed by atoms with van der Waals surface area (Å²) < 4.78 is 17.1. The number of carbonyl (C=O) groups excluding carboxylic acids is 1. The highest BCUT2D eigenvalue weighted by Crippen LogP contribution is 2.39. The molecule has 8 nitrogen and oxygen atoms in total. The molecular weight excluding hydrogens is 348 g/mol. The first-order chi connectivity index (χ1) is 13.2. The van der Waals surface area contributed by atoms with E-state index in [9.17, 15) is 4.79 Å². The standard InChI is InChI=1S/C19H26N4O4/c1-4-25-16-11-14(12-17(26-5-2)18(16)27-6-3)19(24)22-10-7-15(13-22)23-20-8-9-21-23/h8-9,11-12,15H,4-7,10,13H2,1-3H3. The van der Waals surface area contributed by atoms with Crippen LogP contribution in [0.1, 0.15) is 43.6 Å². The lowest BCUT2D eigenvalue weighted by molar-refractivity contribution is 0.0785. The fourth-order valence-corrected chi connectivity index (χ4v) is 3.22. The Bertz CT molecular complexity index is 736. The van der Waals surface area contributed by atoms with E-state index in [1.807, 2.05) is 25.7 Å². The summed E-state index contributed by atoms with van der Waals surface area (Å²) in [6.45, 7) is 8.36. The zero-order valence-corrected chi connectivity index (χ0v) is 16.1. The number of likely N-dealkylation sites (tertiary alicyclic amines) is 1. The van der Waals surface area contributed by atoms with Crippen LogP contribution in [0.2, 0.25) is 0 Å². The number of amides is 1. The van der Waals surface area contributed by atoms with Crippen LogP contribution in [0.5, 0.6) is 17.2 Å². The van der Waals surface area contributed by atoms with Crippen molar-refractivity contribution >= 4 is 5.91 Å². The van der Waals surface area contributed by atoms with Crippen molar-refractivity contribution < 1.29 is 19.0 Å². The first kappa shape index (κ1) is 19.0. The minimum atomic E-state index is -0.0605. The summed E-state index contributed by atoms with van der Waals surface area (Å²) in [6.07, 6.45) is 4.13. The van der Waals surface area contributed by atoms with Crippen molar-refractivity contribution in [2.45, 2.75) is 33.2 Å². The molecule has 1 unspecified atom stereocenters. The molecule has 2 aromatic rings. The maximum Gasteiger partial charge on any atom is 0.254 e. The van der Waals surface area contributed by atoms with Gasteiger partial charge in [0.1, 0.15) is 0 Å². The van der Waals surface area contributed by atoms with E-state index >= 15 is 0 Å². The number of hydrogen-bond acceptors (Lipinski definition) is 6. The molecule has 1 fully saturated rings. The van der Waals surface area contributed by atoms with Crippen molar-refractivity contribution in [3.63, 3.8) is 0 Å². The zero-order chi connectivity index (χ0) is 19.2. The molecule has 1 aromatic heterocycles. The van der Waals surface area contributed by atoms with Crippen LogP contribution in [-0.2, 0) is 0 Å². The highest BCUT2D eigenvalue weighted by molar-refractivity contribution is 5.95. The third-order valence-electron chi connectivity index (χ3n) is 4.37. The predicted octanol–water partition coefficient (Wildman–Crippen LogP) is 2.56. The minimum Gasteiger partial charge on any atom is -0.490 e. The SMILES string of the molecule is CCOc1cc(C(=O)N2CCC(n3nccn3)C2)cc(OCC)c1OCC. The Labute approximate surface area is 159 Å². The average Bonchev–Trinajstić information content (AvgIpc) is 3.35. The van der Waals surface area contributed by atoms with Gasteiger partial charge in [0.25, 0.3) is 5.91 Å². The van der Waals surface area contributed by atoms with Gasteiger partial charge in [-0.3, -0.25) is 4.79 Å². The molecule has 1 aromatic carbocycles. The summed E-state index contributed by atoms with van der Waals surface area (Å²) in [4.78, 5) is 16.6. The van der Waals surface area contributed by atoms with E-state index in [-0.39, 0.29) is 11.9 Å². The molecule has 1 amide bonds. The number of hydrogen-bond donors (Lipinski definition) is 0. The van der Waals surface area contributed by atoms with E-state index in [4.69, 9.17) is 14.2 Å². The molecule has 27 heavy (non-hydrogen) atoms. The van der Waals surface area contributed by atoms with Crippen LogP contribution in [0.25, 0.3) is 0 Å². The van der Waals surface area contributed by atoms with Gasteiger partial charge in [0.2, 0.25) is 5.75 Å². The van der Waals surface area contributed by atoms with Gasteiger partial charge in [-0.2, -0.15) is 15.0 Å². The topological polar surface area (TPSA) is 78.7 Å². The predicted molar refractivity (Wildman–Crippen MR) is 99.5 cm³/mol. The van der Waals surface area contributed by atoms with E-state index in [0.29, 0.717) is 55.7 Å². The number of rotatable bonds is 8. The van der Waals surface area contributed by atoms with Crippen molar-refractivity contribution in [2.24, 2.45) is 0 Å². The summed E-state index contributed by atoms with van der Waals surface area (Å²) in [6, 6.07) is 3.57. The molecule has 1 aliphatic rings. The van der Waals surface area contributed by atoms with Crippen LogP contribution < -0.4 is 14.2 Å². The van der Waals surface area contributed by atoms with E-state index in [0.717, 1.165) is 6.42 Å². The van der Waals surface area contributed by atoms with Gasteiger partial charge in [0.05, 0.1) is 38.3 Å². The van der Waals surface area contributed by atoms with Gasteiger partial charge in [0.15, 0.2) is 11.5 Å². The van der Waals surface area contributed by atoms with Gasteiger partial charge in [-0.15, -0.1) is 0 Å². The lowest BCUT2D eigenvalue weighted by Gasteiger charge is -2.20. The number of aromatic nitrogens is 3. The van der Waals surface area contributed by atoms with Crippen molar-refractivity contribution in [3.8, 4) is 17.2 Å². The van der Waals surface area contributed by atoms with Crippen LogP contribution in [0.4, 0.5) is 0 Å². The smallest absolute Gasteiger partial charge is 0.254 e. The van der Waals surface area contributed by atoms with Gasteiger partial charge < -0.3 is 19.1 Å². The molecule has 0 radical (unpaired) electrons. The Balaban J connectivity index is 1.85. The average molecular weight is 374 g/mol. The maximum atomic E-state index is 13.1. The molecule has 1 saturated heterocycles. The van der Waals surface area contributed by atoms with Gasteiger partial charge >= 0.3 is 0 Å². The van der Waals surface area contributed by atoms with Crippen molar-refractivity contribution in [2.75, 3.05) is 32.9 Å². The number of ether oxygens (including phenoxy) is 3. The lowest BCUT2D eigenvalue weighted by Crippen LogP contribution is -2.29. The zero-order valence-electron chi connectivity index (χ0n) is 16.1. The molecule has 0 bridgehead atoms. The Morgan fingerprint density at radius 2 is 1.63 bits per heavy atom. The molecule has 0 saturated carbocycles. The first-order valence-corrected chi connectivity index (χ1v) is 9.39. The van der Waals surface area contributed by atoms with Crippen LogP contribution >= 0.6 is 0 Å². The van der Waals surface area contributed by atoms with Crippen LogP contribution in [0.15, 0.2) is 24.5 Å². The molecule has 146 valence electrons. The summed E-state index contributed by atoms with van der Waals surface area (Å²) in [5, 5.41) is 8.37. The van der Waals surface area contributed by atoms with Crippen molar-refractivity contribution in [1.82, 2.24) is 19.9 Å². The highest BCUT2D eigenvalue weighted by Gasteiger charge is 2.30. The van der Waals surface area contributed by atoms with Gasteiger partial charge in [0, 0.05) is 18.7 Å². The Kier molecular flexibility index (Phi) is 6.16. The van der Waals surface area contributed by atoms with E-state index in [1.165, 1.54) is 0 Å². The maximum absolute atomic E-state index is 13.1. The lowest BCUT2D eigenvalue weighted by atomic mass is 10.1. The van der Waals surface area contributed by atoms with Crippen LogP contribution in [-0.4, -0.2) is 58.7 Å². The molecule has 1 atom stereocenters. The Morgan fingerprint density at radius 1 is 1.04 bits per heavy atom. The van der Waals surface area contributed by atoms with E-state index < -0.39 is 0 Å². The van der Waals surface area contributed by atoms with Gasteiger partial charge in [-0.05, 0) is 39.3 Å². The van der Waals surface area contributed by atoms with Crippen LogP contribution in [0.3, 0.4) is 0 Å². The number of benzene rings is 1. The monoisotopic (exact) mass is 374 g/mol. The molecule has 8 heteroatoms. The summed E-state index contributed by atoms with van der Waals surface area (Å²) >= 11 is 0. The normalized spacial score (nSPS) is 16.4. The molecular formula is C19H26N4O4. The minimum absolute atomic E-state index is 0.0605. The second kappa shape index (κ2) is 8.75. The quantitative estimate of drug-likeness (QED) is 0.707. The van der Waals surface area contributed by atoms with Crippen molar-refractivity contribution in [3.05, 3.63) is 30.1 Å². The fraction of sp³-hybridized carbons (Fsp3) is 0.526. The largest absolute Gasteiger partial charge is 0.490 e. The molecule has 1 aliphatic heterocycles. The van der Waals surface area contributed by atoms with E-state index in [1.54, 1.807) is 29.3 Å². The molecule has 3 rings (SSSR count). The second-order valence-electron chi connectivity index (χ2n) is 6.14. The second-order valence-corrected chi connectivity index (χ2v) is 6.14. The number of carbonyl (C=O) groups is 1. The van der Waals surface area contributed by atoms with Crippen molar-refractivity contribution in [1.29, 1.82) is 0 Å². The summed E-state index contributed by atoms with van der Waals surface area (Å²) in [5.74, 6) is 1.53. The first-order valence-electron chi connectivity index (χ1n) is 9.39. The summed E-state index contributed by atoms with van der Waals surface area (Å²) in [5.41, 5.74) is 0.527. The fourth-order valence-electron chi connectivity index (χ4n) is 3.22. The highest BCUT2D eigenvalue weighted by atomic mass is 16.5. The molecule has 0 N–H and O–H groups in total. The van der Waals surface area contributed by atoms with Crippen LogP contribution in [0, 0.1) is 0 Å². The van der Waals surface area contributed by atoms with E-state index in [2.05, 4.69) is 10.2 Å². The third kappa shape index (κ3) is 4.15. The summed E-state index contributed by atoms with van der Waals surface area (Å²) in [7, 11) is 0. The third-order valence-corrected chi connectivity index (χ3v) is 4.37.